The molecule has 2 aromatic carbocycles. The number of piperazine rings is 1. The highest BCUT2D eigenvalue weighted by Crippen LogP contribution is 2.24. The van der Waals surface area contributed by atoms with Crippen LogP contribution in [0.2, 0.25) is 0 Å². The Balaban J connectivity index is 1.28. The number of rotatable bonds is 5. The molecule has 1 aliphatic heterocycles. The van der Waals surface area contributed by atoms with Crippen molar-refractivity contribution in [2.75, 3.05) is 17.8 Å². The Kier molecular flexibility index (Phi) is 6.81. The van der Waals surface area contributed by atoms with E-state index in [4.69, 9.17) is 0 Å². The lowest BCUT2D eigenvalue weighted by Crippen LogP contribution is -2.59. The van der Waals surface area contributed by atoms with Gasteiger partial charge in [-0.05, 0) is 62.4 Å². The van der Waals surface area contributed by atoms with Crippen molar-refractivity contribution in [3.63, 3.8) is 0 Å². The van der Waals surface area contributed by atoms with E-state index in [0.717, 1.165) is 5.39 Å². The van der Waals surface area contributed by atoms with E-state index in [9.17, 15) is 18.0 Å². The summed E-state index contributed by atoms with van der Waals surface area (Å²) in [5, 5.41) is 0.724. The summed E-state index contributed by atoms with van der Waals surface area (Å²) >= 11 is 0. The molecule has 2 atom stereocenters. The second-order valence-corrected chi connectivity index (χ2v) is 11.0. The summed E-state index contributed by atoms with van der Waals surface area (Å²) in [4.78, 5) is 38.2. The number of carbonyl (C=O) groups is 2. The van der Waals surface area contributed by atoms with Crippen LogP contribution in [0.25, 0.3) is 10.9 Å². The zero-order valence-corrected chi connectivity index (χ0v) is 21.8. The van der Waals surface area contributed by atoms with Crippen LogP contribution in [-0.4, -0.2) is 65.2 Å². The van der Waals surface area contributed by atoms with Gasteiger partial charge < -0.3 is 9.80 Å². The van der Waals surface area contributed by atoms with E-state index in [1.807, 2.05) is 13.8 Å². The lowest BCUT2D eigenvalue weighted by atomic mass is 10.1. The quantitative estimate of drug-likeness (QED) is 0.421. The molecule has 9 nitrogen and oxygen atoms in total. The standard InChI is InChI=1S/C28H27N5O4S/c1-19-17-32(18-20(2)33(19)28(35)24-9-3-4-15-29-24)27(34)22-11-13-23(14-12-22)31-38(36,37)25-10-5-7-21-8-6-16-30-26(21)25/h3-16,19-20,31H,17-18H2,1-2H3. The fourth-order valence-electron chi connectivity index (χ4n) is 4.88. The van der Waals surface area contributed by atoms with Crippen molar-refractivity contribution in [1.29, 1.82) is 0 Å². The molecule has 2 unspecified atom stereocenters. The van der Waals surface area contributed by atoms with Gasteiger partial charge in [0.15, 0.2) is 0 Å². The summed E-state index contributed by atoms with van der Waals surface area (Å²) in [5.41, 5.74) is 1.53. The van der Waals surface area contributed by atoms with Crippen LogP contribution in [0.5, 0.6) is 0 Å². The maximum Gasteiger partial charge on any atom is 0.273 e. The number of fused-ring (bicyclic) bond motifs is 1. The molecule has 4 aromatic rings. The molecular formula is C28H27N5O4S. The first-order valence-corrected chi connectivity index (χ1v) is 13.7. The summed E-state index contributed by atoms with van der Waals surface area (Å²) in [6.45, 7) is 4.59. The van der Waals surface area contributed by atoms with Crippen molar-refractivity contribution in [3.05, 3.63) is 96.4 Å². The minimum absolute atomic E-state index is 0.0804. The van der Waals surface area contributed by atoms with Gasteiger partial charge in [-0.2, -0.15) is 0 Å². The Morgan fingerprint density at radius 3 is 2.18 bits per heavy atom. The van der Waals surface area contributed by atoms with E-state index in [-0.39, 0.29) is 28.8 Å². The van der Waals surface area contributed by atoms with Crippen LogP contribution in [0, 0.1) is 0 Å². The van der Waals surface area contributed by atoms with Crippen molar-refractivity contribution in [2.45, 2.75) is 30.8 Å². The van der Waals surface area contributed by atoms with Crippen LogP contribution >= 0.6 is 0 Å². The number of carbonyl (C=O) groups excluding carboxylic acids is 2. The highest BCUT2D eigenvalue weighted by Gasteiger charge is 2.35. The Hall–Kier alpha value is -4.31. The SMILES string of the molecule is CC1CN(C(=O)c2ccc(NS(=O)(=O)c3cccc4cccnc34)cc2)CC(C)N1C(=O)c1ccccn1. The number of para-hydroxylation sites is 1. The van der Waals surface area contributed by atoms with Crippen molar-refractivity contribution >= 4 is 38.4 Å². The smallest absolute Gasteiger partial charge is 0.273 e. The molecule has 0 radical (unpaired) electrons. The maximum absolute atomic E-state index is 13.3. The van der Waals surface area contributed by atoms with Crippen molar-refractivity contribution in [3.8, 4) is 0 Å². The van der Waals surface area contributed by atoms with E-state index in [2.05, 4.69) is 14.7 Å². The van der Waals surface area contributed by atoms with Gasteiger partial charge >= 0.3 is 0 Å². The van der Waals surface area contributed by atoms with Gasteiger partial charge in [0.05, 0.1) is 5.52 Å². The van der Waals surface area contributed by atoms with Gasteiger partial charge in [0.25, 0.3) is 21.8 Å². The van der Waals surface area contributed by atoms with Crippen LogP contribution in [0.15, 0.2) is 90.1 Å². The Morgan fingerprint density at radius 2 is 1.50 bits per heavy atom. The molecule has 5 rings (SSSR count). The largest absolute Gasteiger partial charge is 0.335 e. The van der Waals surface area contributed by atoms with Gasteiger partial charge in [-0.15, -0.1) is 0 Å². The van der Waals surface area contributed by atoms with Crippen LogP contribution in [0.4, 0.5) is 5.69 Å². The summed E-state index contributed by atoms with van der Waals surface area (Å²) in [6.07, 6.45) is 3.14. The molecule has 0 aliphatic carbocycles. The highest BCUT2D eigenvalue weighted by atomic mass is 32.2. The number of anilines is 1. The molecule has 1 aliphatic rings. The molecule has 2 amide bonds. The Bertz CT molecular complexity index is 1580. The predicted molar refractivity (Wildman–Crippen MR) is 144 cm³/mol. The van der Waals surface area contributed by atoms with Crippen molar-refractivity contribution in [1.82, 2.24) is 19.8 Å². The third kappa shape index (κ3) is 4.95. The minimum atomic E-state index is -3.90. The predicted octanol–water partition coefficient (Wildman–Crippen LogP) is 3.81. The summed E-state index contributed by atoms with van der Waals surface area (Å²) in [6, 6.07) is 19.7. The van der Waals surface area contributed by atoms with Crippen molar-refractivity contribution in [2.24, 2.45) is 0 Å². The normalized spacial score (nSPS) is 17.8. The van der Waals surface area contributed by atoms with Crippen molar-refractivity contribution < 1.29 is 18.0 Å². The summed E-state index contributed by atoms with van der Waals surface area (Å²) in [5.74, 6) is -0.336. The number of hydrogen-bond acceptors (Lipinski definition) is 6. The molecule has 1 N–H and O–H groups in total. The summed E-state index contributed by atoms with van der Waals surface area (Å²) < 4.78 is 28.7. The highest BCUT2D eigenvalue weighted by molar-refractivity contribution is 7.93. The van der Waals surface area contributed by atoms with Crippen LogP contribution < -0.4 is 4.72 Å². The third-order valence-corrected chi connectivity index (χ3v) is 8.01. The van der Waals surface area contributed by atoms with Crippen LogP contribution in [0.3, 0.4) is 0 Å². The van der Waals surface area contributed by atoms with Gasteiger partial charge in [0.1, 0.15) is 10.6 Å². The molecular weight excluding hydrogens is 502 g/mol. The molecule has 0 bridgehead atoms. The zero-order valence-electron chi connectivity index (χ0n) is 21.0. The molecule has 1 saturated heterocycles. The topological polar surface area (TPSA) is 113 Å². The number of nitrogens with zero attached hydrogens (tertiary/aromatic N) is 4. The molecule has 1 fully saturated rings. The van der Waals surface area contributed by atoms with Gasteiger partial charge in [-0.25, -0.2) is 8.42 Å². The molecule has 3 heterocycles. The number of amides is 2. The molecule has 194 valence electrons. The van der Waals surface area contributed by atoms with Gasteiger partial charge in [-0.1, -0.05) is 24.3 Å². The Labute approximate surface area is 221 Å². The van der Waals surface area contributed by atoms with Crippen LogP contribution in [-0.2, 0) is 10.0 Å². The number of hydrogen-bond donors (Lipinski definition) is 1. The number of benzene rings is 2. The monoisotopic (exact) mass is 529 g/mol. The first kappa shape index (κ1) is 25.3. The number of aromatic nitrogens is 2. The zero-order chi connectivity index (χ0) is 26.9. The van der Waals surface area contributed by atoms with E-state index in [1.165, 1.54) is 6.07 Å². The first-order chi connectivity index (χ1) is 18.2. The van der Waals surface area contributed by atoms with Crippen LogP contribution in [0.1, 0.15) is 34.7 Å². The molecule has 10 heteroatoms. The second-order valence-electron chi connectivity index (χ2n) is 9.35. The van der Waals surface area contributed by atoms with E-state index in [1.54, 1.807) is 88.9 Å². The van der Waals surface area contributed by atoms with Gasteiger partial charge in [0, 0.05) is 54.2 Å². The average Bonchev–Trinajstić information content (AvgIpc) is 2.92. The fourth-order valence-corrected chi connectivity index (χ4v) is 6.12. The second kappa shape index (κ2) is 10.2. The first-order valence-electron chi connectivity index (χ1n) is 12.2. The average molecular weight is 530 g/mol. The molecule has 0 saturated carbocycles. The van der Waals surface area contributed by atoms with E-state index in [0.29, 0.717) is 35.6 Å². The van der Waals surface area contributed by atoms with Gasteiger partial charge in [-0.3, -0.25) is 24.3 Å². The summed E-state index contributed by atoms with van der Waals surface area (Å²) in [7, 11) is -3.90. The number of sulfonamides is 1. The molecule has 38 heavy (non-hydrogen) atoms. The molecule has 0 spiro atoms. The van der Waals surface area contributed by atoms with Gasteiger partial charge in [0.2, 0.25) is 0 Å². The van der Waals surface area contributed by atoms with E-state index < -0.39 is 10.0 Å². The molecule has 2 aromatic heterocycles. The maximum atomic E-state index is 13.3. The lowest BCUT2D eigenvalue weighted by molar-refractivity contribution is 0.0251. The number of nitrogens with one attached hydrogen (secondary N) is 1. The number of pyridine rings is 2. The Morgan fingerprint density at radius 1 is 0.816 bits per heavy atom. The third-order valence-electron chi connectivity index (χ3n) is 6.59. The fraction of sp³-hybridized carbons (Fsp3) is 0.214. The minimum Gasteiger partial charge on any atom is -0.335 e. The lowest BCUT2D eigenvalue weighted by Gasteiger charge is -2.44. The van der Waals surface area contributed by atoms with E-state index >= 15 is 0 Å².